The van der Waals surface area contributed by atoms with Gasteiger partial charge in [0.05, 0.1) is 41.0 Å². The molecule has 0 radical (unpaired) electrons. The molecule has 2 N–H and O–H groups in total. The number of nitrogens with one attached hydrogen (secondary N) is 2. The lowest BCUT2D eigenvalue weighted by molar-refractivity contribution is 0.0967. The molecule has 1 fully saturated rings. The summed E-state index contributed by atoms with van der Waals surface area (Å²) in [6, 6.07) is 12.3. The molecule has 8 nitrogen and oxygen atoms in total. The highest BCUT2D eigenvalue weighted by Crippen LogP contribution is 2.35. The Balaban J connectivity index is 1.47. The highest BCUT2D eigenvalue weighted by molar-refractivity contribution is 7.19. The number of urea groups is 1. The first-order valence-electron chi connectivity index (χ1n) is 10.5. The van der Waals surface area contributed by atoms with Gasteiger partial charge in [0, 0.05) is 25.4 Å². The molecule has 10 heteroatoms. The van der Waals surface area contributed by atoms with Crippen molar-refractivity contribution in [2.75, 3.05) is 43.1 Å². The Bertz CT molecular complexity index is 1130. The van der Waals surface area contributed by atoms with E-state index in [0.717, 1.165) is 16.1 Å². The van der Waals surface area contributed by atoms with Gasteiger partial charge in [0.15, 0.2) is 5.13 Å². The maximum atomic E-state index is 12.8. The number of ether oxygens (including phenoxy) is 2. The number of carbonyl (C=O) groups excluding carboxylic acids is 2. The largest absolute Gasteiger partial charge is 0.492 e. The summed E-state index contributed by atoms with van der Waals surface area (Å²) in [5.41, 5.74) is 1.92. The first-order valence-corrected chi connectivity index (χ1v) is 11.7. The molecule has 0 bridgehead atoms. The molecule has 172 valence electrons. The van der Waals surface area contributed by atoms with Crippen LogP contribution in [0.15, 0.2) is 48.7 Å². The van der Waals surface area contributed by atoms with Gasteiger partial charge in [-0.1, -0.05) is 53.3 Å². The number of anilines is 2. The number of rotatable bonds is 6. The van der Waals surface area contributed by atoms with Crippen LogP contribution in [-0.2, 0) is 4.74 Å². The van der Waals surface area contributed by atoms with Crippen LogP contribution in [-0.4, -0.2) is 49.8 Å². The molecule has 33 heavy (non-hydrogen) atoms. The molecule has 0 saturated carbocycles. The monoisotopic (exact) mass is 486 g/mol. The van der Waals surface area contributed by atoms with Gasteiger partial charge in [-0.2, -0.15) is 0 Å². The Hall–Kier alpha value is -3.14. The SMILES string of the molecule is CCOc1cc(Cl)c(C(=O)NC(=O)Nc2ncc(-c3ccccc3)s2)cc1N1CCOCC1. The molecular weight excluding hydrogens is 464 g/mol. The number of benzene rings is 2. The summed E-state index contributed by atoms with van der Waals surface area (Å²) in [5.74, 6) is -0.0310. The van der Waals surface area contributed by atoms with Crippen molar-refractivity contribution < 1.29 is 19.1 Å². The van der Waals surface area contributed by atoms with E-state index in [1.807, 2.05) is 37.3 Å². The van der Waals surface area contributed by atoms with Crippen molar-refractivity contribution in [1.29, 1.82) is 0 Å². The van der Waals surface area contributed by atoms with Gasteiger partial charge in [-0.25, -0.2) is 9.78 Å². The van der Waals surface area contributed by atoms with E-state index < -0.39 is 11.9 Å². The molecule has 2 aromatic carbocycles. The Morgan fingerprint density at radius 1 is 1.21 bits per heavy atom. The van der Waals surface area contributed by atoms with Crippen molar-refractivity contribution in [2.24, 2.45) is 0 Å². The molecule has 0 unspecified atom stereocenters. The third-order valence-electron chi connectivity index (χ3n) is 4.96. The molecule has 4 rings (SSSR count). The summed E-state index contributed by atoms with van der Waals surface area (Å²) in [7, 11) is 0. The third-order valence-corrected chi connectivity index (χ3v) is 6.23. The van der Waals surface area contributed by atoms with Gasteiger partial charge < -0.3 is 14.4 Å². The summed E-state index contributed by atoms with van der Waals surface area (Å²) in [5, 5.41) is 5.51. The number of imide groups is 1. The summed E-state index contributed by atoms with van der Waals surface area (Å²) < 4.78 is 11.1. The highest BCUT2D eigenvalue weighted by atomic mass is 35.5. The van der Waals surface area contributed by atoms with Crippen LogP contribution in [0.1, 0.15) is 17.3 Å². The molecule has 1 aliphatic rings. The van der Waals surface area contributed by atoms with E-state index in [2.05, 4.69) is 20.5 Å². The van der Waals surface area contributed by atoms with Crippen LogP contribution in [0.5, 0.6) is 5.75 Å². The highest BCUT2D eigenvalue weighted by Gasteiger charge is 2.22. The lowest BCUT2D eigenvalue weighted by atomic mass is 10.1. The minimum absolute atomic E-state index is 0.181. The second-order valence-electron chi connectivity index (χ2n) is 7.14. The molecular formula is C23H23ClN4O4S. The van der Waals surface area contributed by atoms with Gasteiger partial charge in [0.2, 0.25) is 0 Å². The molecule has 2 heterocycles. The number of halogens is 1. The molecule has 3 amide bonds. The minimum atomic E-state index is -0.688. The van der Waals surface area contributed by atoms with E-state index in [1.165, 1.54) is 11.3 Å². The summed E-state index contributed by atoms with van der Waals surface area (Å²) in [6.45, 7) is 4.83. The smallest absolute Gasteiger partial charge is 0.327 e. The molecule has 0 spiro atoms. The lowest BCUT2D eigenvalue weighted by Gasteiger charge is -2.30. The number of thiazole rings is 1. The topological polar surface area (TPSA) is 92.8 Å². The van der Waals surface area contributed by atoms with Crippen LogP contribution in [0, 0.1) is 0 Å². The van der Waals surface area contributed by atoms with Crippen LogP contribution in [0.25, 0.3) is 10.4 Å². The maximum absolute atomic E-state index is 12.8. The van der Waals surface area contributed by atoms with Crippen LogP contribution < -0.4 is 20.3 Å². The first-order chi connectivity index (χ1) is 16.0. The number of aromatic nitrogens is 1. The number of morpholine rings is 1. The van der Waals surface area contributed by atoms with E-state index >= 15 is 0 Å². The summed E-state index contributed by atoms with van der Waals surface area (Å²) in [4.78, 5) is 32.5. The van der Waals surface area contributed by atoms with E-state index in [-0.39, 0.29) is 10.6 Å². The van der Waals surface area contributed by atoms with E-state index in [4.69, 9.17) is 21.1 Å². The Kier molecular flexibility index (Phi) is 7.43. The average Bonchev–Trinajstić information content (AvgIpc) is 3.29. The number of carbonyl (C=O) groups is 2. The van der Waals surface area contributed by atoms with Gasteiger partial charge in [0.25, 0.3) is 5.91 Å². The van der Waals surface area contributed by atoms with Crippen LogP contribution >= 0.6 is 22.9 Å². The molecule has 0 atom stereocenters. The fraction of sp³-hybridized carbons (Fsp3) is 0.261. The number of nitrogens with zero attached hydrogens (tertiary/aromatic N) is 2. The maximum Gasteiger partial charge on any atom is 0.327 e. The Morgan fingerprint density at radius 2 is 1.97 bits per heavy atom. The minimum Gasteiger partial charge on any atom is -0.492 e. The van der Waals surface area contributed by atoms with Crippen LogP contribution in [0.2, 0.25) is 5.02 Å². The average molecular weight is 487 g/mol. The predicted octanol–water partition coefficient (Wildman–Crippen LogP) is 4.66. The van der Waals surface area contributed by atoms with Gasteiger partial charge in [-0.05, 0) is 18.6 Å². The van der Waals surface area contributed by atoms with Crippen molar-refractivity contribution in [2.45, 2.75) is 6.92 Å². The van der Waals surface area contributed by atoms with E-state index in [9.17, 15) is 9.59 Å². The molecule has 1 aliphatic heterocycles. The molecule has 1 aromatic heterocycles. The second-order valence-corrected chi connectivity index (χ2v) is 8.57. The number of amides is 3. The fourth-order valence-corrected chi connectivity index (χ4v) is 4.46. The molecule has 3 aromatic rings. The lowest BCUT2D eigenvalue weighted by Crippen LogP contribution is -2.37. The predicted molar refractivity (Wildman–Crippen MR) is 130 cm³/mol. The van der Waals surface area contributed by atoms with Crippen molar-refractivity contribution >= 4 is 45.7 Å². The number of hydrogen-bond acceptors (Lipinski definition) is 7. The van der Waals surface area contributed by atoms with E-state index in [1.54, 1.807) is 18.3 Å². The fourth-order valence-electron chi connectivity index (χ4n) is 3.41. The van der Waals surface area contributed by atoms with Gasteiger partial charge in [-0.15, -0.1) is 0 Å². The Morgan fingerprint density at radius 3 is 2.70 bits per heavy atom. The van der Waals surface area contributed by atoms with Gasteiger partial charge in [0.1, 0.15) is 5.75 Å². The van der Waals surface area contributed by atoms with Gasteiger partial charge in [-0.3, -0.25) is 15.4 Å². The Labute approximate surface area is 200 Å². The van der Waals surface area contributed by atoms with Gasteiger partial charge >= 0.3 is 6.03 Å². The molecule has 1 saturated heterocycles. The standard InChI is InChI=1S/C23H23ClN4O4S/c1-2-32-19-13-17(24)16(12-18(19)28-8-10-31-11-9-28)21(29)26-22(30)27-23-25-14-20(33-23)15-6-4-3-5-7-15/h3-7,12-14H,2,8-11H2,1H3,(H2,25,26,27,29,30). The zero-order chi connectivity index (χ0) is 23.2. The second kappa shape index (κ2) is 10.7. The van der Waals surface area contributed by atoms with Crippen LogP contribution in [0.4, 0.5) is 15.6 Å². The van der Waals surface area contributed by atoms with Crippen molar-refractivity contribution in [3.05, 3.63) is 59.2 Å². The third kappa shape index (κ3) is 5.62. The normalized spacial score (nSPS) is 13.5. The quantitative estimate of drug-likeness (QED) is 0.526. The summed E-state index contributed by atoms with van der Waals surface area (Å²) in [6.07, 6.45) is 1.68. The first kappa shape index (κ1) is 23.0. The van der Waals surface area contributed by atoms with Crippen molar-refractivity contribution in [3.8, 4) is 16.2 Å². The number of hydrogen-bond donors (Lipinski definition) is 2. The summed E-state index contributed by atoms with van der Waals surface area (Å²) >= 11 is 7.67. The molecule has 0 aliphatic carbocycles. The van der Waals surface area contributed by atoms with Crippen molar-refractivity contribution in [3.63, 3.8) is 0 Å². The zero-order valence-corrected chi connectivity index (χ0v) is 19.5. The zero-order valence-electron chi connectivity index (χ0n) is 18.0. The van der Waals surface area contributed by atoms with Crippen LogP contribution in [0.3, 0.4) is 0 Å². The van der Waals surface area contributed by atoms with Crippen molar-refractivity contribution in [1.82, 2.24) is 10.3 Å². The van der Waals surface area contributed by atoms with E-state index in [0.29, 0.717) is 43.8 Å².